The summed E-state index contributed by atoms with van der Waals surface area (Å²) < 4.78 is 2.22. The van der Waals surface area contributed by atoms with E-state index in [1.54, 1.807) is 4.68 Å². The number of H-pyrrole nitrogens is 1. The van der Waals surface area contributed by atoms with Crippen molar-refractivity contribution < 1.29 is 0 Å². The summed E-state index contributed by atoms with van der Waals surface area (Å²) in [7, 11) is 0. The van der Waals surface area contributed by atoms with E-state index in [1.165, 1.54) is 5.56 Å². The zero-order chi connectivity index (χ0) is 14.4. The van der Waals surface area contributed by atoms with Crippen molar-refractivity contribution >= 4 is 15.9 Å². The zero-order valence-corrected chi connectivity index (χ0v) is 13.6. The molecule has 0 saturated heterocycles. The number of nitrogens with zero attached hydrogens (tertiary/aromatic N) is 1. The van der Waals surface area contributed by atoms with E-state index in [0.29, 0.717) is 4.47 Å². The van der Waals surface area contributed by atoms with Gasteiger partial charge in [-0.3, -0.25) is 9.89 Å². The lowest BCUT2D eigenvalue weighted by Crippen LogP contribution is -2.15. The number of aromatic nitrogens is 2. The summed E-state index contributed by atoms with van der Waals surface area (Å²) in [5.74, 6) is 0. The van der Waals surface area contributed by atoms with Gasteiger partial charge in [0.1, 0.15) is 4.47 Å². The number of benzene rings is 1. The fraction of sp³-hybridized carbons (Fsp3) is 0.400. The van der Waals surface area contributed by atoms with Crippen LogP contribution in [0.4, 0.5) is 0 Å². The molecule has 0 atom stereocenters. The molecule has 0 aliphatic rings. The molecule has 0 aliphatic heterocycles. The van der Waals surface area contributed by atoms with Gasteiger partial charge in [-0.15, -0.1) is 0 Å². The van der Waals surface area contributed by atoms with Crippen LogP contribution in [-0.4, -0.2) is 9.78 Å². The van der Waals surface area contributed by atoms with Crippen molar-refractivity contribution in [3.63, 3.8) is 0 Å². The van der Waals surface area contributed by atoms with Crippen molar-refractivity contribution in [1.82, 2.24) is 9.78 Å². The molecule has 0 radical (unpaired) electrons. The number of aromatic amines is 1. The van der Waals surface area contributed by atoms with Crippen molar-refractivity contribution in [2.45, 2.75) is 40.0 Å². The minimum Gasteiger partial charge on any atom is -0.293 e. The number of hydrogen-bond donors (Lipinski definition) is 1. The highest BCUT2D eigenvalue weighted by atomic mass is 79.9. The molecule has 0 unspecified atom stereocenters. The topological polar surface area (TPSA) is 37.8 Å². The molecule has 4 heteroatoms. The third-order valence-corrected chi connectivity index (χ3v) is 3.91. The molecule has 0 spiro atoms. The molecular formula is C15H19BrN2O. The first-order chi connectivity index (χ1) is 8.71. The minimum atomic E-state index is -0.109. The predicted molar refractivity (Wildman–Crippen MR) is 82.3 cm³/mol. The van der Waals surface area contributed by atoms with Gasteiger partial charge in [0.2, 0.25) is 0 Å². The van der Waals surface area contributed by atoms with Crippen LogP contribution in [0.1, 0.15) is 37.6 Å². The van der Waals surface area contributed by atoms with Crippen molar-refractivity contribution in [2.75, 3.05) is 0 Å². The van der Waals surface area contributed by atoms with Gasteiger partial charge in [-0.25, -0.2) is 4.68 Å². The number of aryl methyl sites for hydroxylation is 2. The summed E-state index contributed by atoms with van der Waals surface area (Å²) in [6.45, 7) is 10.3. The summed E-state index contributed by atoms with van der Waals surface area (Å²) in [6.07, 6.45) is 0. The first-order valence-electron chi connectivity index (χ1n) is 6.30. The van der Waals surface area contributed by atoms with Crippen LogP contribution < -0.4 is 5.56 Å². The quantitative estimate of drug-likeness (QED) is 0.851. The van der Waals surface area contributed by atoms with Crippen LogP contribution in [0.2, 0.25) is 0 Å². The van der Waals surface area contributed by atoms with Crippen LogP contribution in [0.3, 0.4) is 0 Å². The van der Waals surface area contributed by atoms with Crippen molar-refractivity contribution in [3.8, 4) is 5.69 Å². The first-order valence-corrected chi connectivity index (χ1v) is 7.09. The highest BCUT2D eigenvalue weighted by Crippen LogP contribution is 2.26. The van der Waals surface area contributed by atoms with E-state index in [4.69, 9.17) is 0 Å². The summed E-state index contributed by atoms with van der Waals surface area (Å²) in [5, 5.41) is 3.22. The monoisotopic (exact) mass is 322 g/mol. The summed E-state index contributed by atoms with van der Waals surface area (Å²) in [4.78, 5) is 12.4. The normalized spacial score (nSPS) is 11.9. The van der Waals surface area contributed by atoms with Gasteiger partial charge in [0.05, 0.1) is 11.4 Å². The molecule has 102 valence electrons. The third-order valence-electron chi connectivity index (χ3n) is 3.18. The number of rotatable bonds is 1. The molecule has 1 aromatic heterocycles. The Labute approximate surface area is 121 Å². The highest BCUT2D eigenvalue weighted by Gasteiger charge is 2.23. The second-order valence-corrected chi connectivity index (χ2v) is 6.77. The highest BCUT2D eigenvalue weighted by molar-refractivity contribution is 9.10. The Morgan fingerprint density at radius 2 is 1.84 bits per heavy atom. The van der Waals surface area contributed by atoms with E-state index in [9.17, 15) is 4.79 Å². The van der Waals surface area contributed by atoms with E-state index in [2.05, 4.69) is 47.9 Å². The molecule has 1 aromatic carbocycles. The van der Waals surface area contributed by atoms with E-state index in [1.807, 2.05) is 26.0 Å². The Bertz CT molecular complexity index is 674. The molecule has 0 aliphatic carbocycles. The number of halogens is 1. The Morgan fingerprint density at radius 1 is 1.21 bits per heavy atom. The fourth-order valence-electron chi connectivity index (χ4n) is 2.14. The average Bonchev–Trinajstić information content (AvgIpc) is 2.56. The Morgan fingerprint density at radius 3 is 2.32 bits per heavy atom. The lowest BCUT2D eigenvalue weighted by Gasteiger charge is -2.16. The van der Waals surface area contributed by atoms with Gasteiger partial charge in [0.25, 0.3) is 5.56 Å². The molecule has 1 N–H and O–H groups in total. The molecule has 2 rings (SSSR count). The van der Waals surface area contributed by atoms with Crippen molar-refractivity contribution in [3.05, 3.63) is 49.8 Å². The first kappa shape index (κ1) is 14.1. The Kier molecular flexibility index (Phi) is 3.47. The van der Waals surface area contributed by atoms with Gasteiger partial charge >= 0.3 is 0 Å². The van der Waals surface area contributed by atoms with Crippen LogP contribution >= 0.6 is 15.9 Å². The van der Waals surface area contributed by atoms with Gasteiger partial charge < -0.3 is 0 Å². The number of nitrogens with one attached hydrogen (secondary N) is 1. The average molecular weight is 323 g/mol. The van der Waals surface area contributed by atoms with Gasteiger partial charge in [0, 0.05) is 5.41 Å². The zero-order valence-electron chi connectivity index (χ0n) is 12.0. The van der Waals surface area contributed by atoms with Gasteiger partial charge in [-0.1, -0.05) is 38.5 Å². The third kappa shape index (κ3) is 2.54. The fourth-order valence-corrected chi connectivity index (χ4v) is 3.00. The van der Waals surface area contributed by atoms with E-state index < -0.39 is 0 Å². The van der Waals surface area contributed by atoms with Crippen LogP contribution in [0.15, 0.2) is 27.5 Å². The standard InChI is InChI=1S/C15H19BrN2O/c1-9-6-7-11(10(2)8-9)18-14(19)12(16)13(17-18)15(3,4)5/h6-8,17H,1-5H3. The van der Waals surface area contributed by atoms with Crippen molar-refractivity contribution in [1.29, 1.82) is 0 Å². The minimum absolute atomic E-state index is 0.0446. The van der Waals surface area contributed by atoms with Gasteiger partial charge in [-0.05, 0) is 41.4 Å². The molecule has 0 amide bonds. The molecule has 1 heterocycles. The summed E-state index contributed by atoms with van der Waals surface area (Å²) in [6, 6.07) is 6.06. The molecule has 19 heavy (non-hydrogen) atoms. The Hall–Kier alpha value is -1.29. The van der Waals surface area contributed by atoms with E-state index >= 15 is 0 Å². The molecule has 3 nitrogen and oxygen atoms in total. The van der Waals surface area contributed by atoms with Crippen LogP contribution in [0.25, 0.3) is 5.69 Å². The summed E-state index contributed by atoms with van der Waals surface area (Å²) in [5.41, 5.74) is 3.93. The lowest BCUT2D eigenvalue weighted by atomic mass is 9.93. The smallest absolute Gasteiger partial charge is 0.285 e. The predicted octanol–water partition coefficient (Wildman–Crippen LogP) is 3.84. The maximum absolute atomic E-state index is 12.4. The van der Waals surface area contributed by atoms with Crippen LogP contribution in [-0.2, 0) is 5.41 Å². The molecular weight excluding hydrogens is 304 g/mol. The number of hydrogen-bond acceptors (Lipinski definition) is 1. The molecule has 0 fully saturated rings. The SMILES string of the molecule is Cc1ccc(-n2[nH]c(C(C)(C)C)c(Br)c2=O)c(C)c1. The second-order valence-electron chi connectivity index (χ2n) is 5.98. The molecule has 2 aromatic rings. The van der Waals surface area contributed by atoms with Gasteiger partial charge in [-0.2, -0.15) is 0 Å². The summed E-state index contributed by atoms with van der Waals surface area (Å²) >= 11 is 3.41. The lowest BCUT2D eigenvalue weighted by molar-refractivity contribution is 0.557. The largest absolute Gasteiger partial charge is 0.293 e. The second kappa shape index (κ2) is 4.67. The maximum Gasteiger partial charge on any atom is 0.285 e. The Balaban J connectivity index is 2.68. The van der Waals surface area contributed by atoms with E-state index in [0.717, 1.165) is 16.9 Å². The molecule has 0 bridgehead atoms. The van der Waals surface area contributed by atoms with Crippen molar-refractivity contribution in [2.24, 2.45) is 0 Å². The molecule has 0 saturated carbocycles. The van der Waals surface area contributed by atoms with Crippen LogP contribution in [0.5, 0.6) is 0 Å². The van der Waals surface area contributed by atoms with Crippen LogP contribution in [0, 0.1) is 13.8 Å². The van der Waals surface area contributed by atoms with Gasteiger partial charge in [0.15, 0.2) is 0 Å². The van der Waals surface area contributed by atoms with E-state index in [-0.39, 0.29) is 11.0 Å². The maximum atomic E-state index is 12.4.